The number of aromatic nitrogens is 1. The SMILES string of the molecule is C=C(C)c1ncccc1C.CN=C(N)c1ccccc1O. The van der Waals surface area contributed by atoms with E-state index in [1.165, 1.54) is 5.56 Å². The Morgan fingerprint density at radius 1 is 1.24 bits per heavy atom. The molecule has 21 heavy (non-hydrogen) atoms. The molecular weight excluding hydrogens is 262 g/mol. The van der Waals surface area contributed by atoms with Crippen LogP contribution in [0.4, 0.5) is 0 Å². The van der Waals surface area contributed by atoms with Crippen LogP contribution in [0.2, 0.25) is 0 Å². The van der Waals surface area contributed by atoms with Crippen LogP contribution >= 0.6 is 0 Å². The van der Waals surface area contributed by atoms with Crippen molar-refractivity contribution in [3.63, 3.8) is 0 Å². The fourth-order valence-electron chi connectivity index (χ4n) is 1.74. The fourth-order valence-corrected chi connectivity index (χ4v) is 1.74. The minimum absolute atomic E-state index is 0.163. The third-order valence-corrected chi connectivity index (χ3v) is 2.83. The minimum atomic E-state index is 0.163. The number of pyridine rings is 1. The quantitative estimate of drug-likeness (QED) is 0.657. The lowest BCUT2D eigenvalue weighted by atomic mass is 10.1. The lowest BCUT2D eigenvalue weighted by Gasteiger charge is -2.00. The third-order valence-electron chi connectivity index (χ3n) is 2.83. The van der Waals surface area contributed by atoms with Crippen LogP contribution in [-0.2, 0) is 0 Å². The molecule has 0 aliphatic rings. The van der Waals surface area contributed by atoms with Gasteiger partial charge in [0.25, 0.3) is 0 Å². The molecule has 0 spiro atoms. The number of hydrogen-bond acceptors (Lipinski definition) is 3. The molecular formula is C17H21N3O. The van der Waals surface area contributed by atoms with E-state index in [2.05, 4.69) is 16.6 Å². The van der Waals surface area contributed by atoms with E-state index in [4.69, 9.17) is 5.73 Å². The Bertz CT molecular complexity index is 648. The summed E-state index contributed by atoms with van der Waals surface area (Å²) in [4.78, 5) is 7.93. The number of rotatable bonds is 2. The van der Waals surface area contributed by atoms with E-state index in [1.54, 1.807) is 37.5 Å². The molecule has 0 aliphatic heterocycles. The molecule has 1 aromatic carbocycles. The molecule has 0 saturated carbocycles. The summed E-state index contributed by atoms with van der Waals surface area (Å²) in [5.41, 5.74) is 9.30. The summed E-state index contributed by atoms with van der Waals surface area (Å²) in [6.07, 6.45) is 1.79. The van der Waals surface area contributed by atoms with Gasteiger partial charge in [0.15, 0.2) is 0 Å². The van der Waals surface area contributed by atoms with Gasteiger partial charge in [0, 0.05) is 13.2 Å². The first-order valence-electron chi connectivity index (χ1n) is 6.55. The van der Waals surface area contributed by atoms with Crippen molar-refractivity contribution in [3.05, 3.63) is 66.0 Å². The maximum absolute atomic E-state index is 9.25. The number of nitrogens with zero attached hydrogens (tertiary/aromatic N) is 2. The van der Waals surface area contributed by atoms with E-state index < -0.39 is 0 Å². The molecule has 4 nitrogen and oxygen atoms in total. The fraction of sp³-hybridized carbons (Fsp3) is 0.176. The number of aryl methyl sites for hydroxylation is 1. The summed E-state index contributed by atoms with van der Waals surface area (Å²) in [6.45, 7) is 7.83. The number of benzene rings is 1. The Morgan fingerprint density at radius 3 is 2.38 bits per heavy atom. The lowest BCUT2D eigenvalue weighted by Crippen LogP contribution is -2.12. The van der Waals surface area contributed by atoms with Gasteiger partial charge in [-0.2, -0.15) is 0 Å². The number of para-hydroxylation sites is 1. The highest BCUT2D eigenvalue weighted by Crippen LogP contribution is 2.14. The van der Waals surface area contributed by atoms with E-state index >= 15 is 0 Å². The highest BCUT2D eigenvalue weighted by atomic mass is 16.3. The molecule has 0 atom stereocenters. The van der Waals surface area contributed by atoms with Crippen molar-refractivity contribution in [1.29, 1.82) is 0 Å². The van der Waals surface area contributed by atoms with Gasteiger partial charge in [-0.25, -0.2) is 0 Å². The zero-order valence-electron chi connectivity index (χ0n) is 12.7. The lowest BCUT2D eigenvalue weighted by molar-refractivity contribution is 0.474. The van der Waals surface area contributed by atoms with Crippen molar-refractivity contribution < 1.29 is 5.11 Å². The van der Waals surface area contributed by atoms with Gasteiger partial charge in [-0.15, -0.1) is 0 Å². The molecule has 3 N–H and O–H groups in total. The van der Waals surface area contributed by atoms with Crippen molar-refractivity contribution in [2.45, 2.75) is 13.8 Å². The summed E-state index contributed by atoms with van der Waals surface area (Å²) in [5, 5.41) is 9.25. The number of phenolic OH excluding ortho intramolecular Hbond substituents is 1. The van der Waals surface area contributed by atoms with Crippen molar-refractivity contribution in [2.75, 3.05) is 7.05 Å². The van der Waals surface area contributed by atoms with Gasteiger partial charge < -0.3 is 10.8 Å². The Kier molecular flexibility index (Phi) is 6.14. The van der Waals surface area contributed by atoms with Crippen molar-refractivity contribution >= 4 is 11.4 Å². The summed E-state index contributed by atoms with van der Waals surface area (Å²) in [7, 11) is 1.59. The summed E-state index contributed by atoms with van der Waals surface area (Å²) in [5.74, 6) is 0.513. The second kappa shape index (κ2) is 7.85. The molecule has 0 fully saturated rings. The summed E-state index contributed by atoms with van der Waals surface area (Å²) in [6, 6.07) is 10.8. The molecule has 0 radical (unpaired) electrons. The van der Waals surface area contributed by atoms with Crippen molar-refractivity contribution in [2.24, 2.45) is 10.7 Å². The first-order chi connectivity index (χ1) is 9.97. The van der Waals surface area contributed by atoms with Gasteiger partial charge in [-0.3, -0.25) is 9.98 Å². The predicted octanol–water partition coefficient (Wildman–Crippen LogP) is 3.15. The molecule has 0 amide bonds. The van der Waals surface area contributed by atoms with Crippen LogP contribution < -0.4 is 5.73 Å². The Morgan fingerprint density at radius 2 is 1.90 bits per heavy atom. The first-order valence-corrected chi connectivity index (χ1v) is 6.55. The highest BCUT2D eigenvalue weighted by Gasteiger charge is 2.01. The van der Waals surface area contributed by atoms with Gasteiger partial charge in [0.2, 0.25) is 0 Å². The maximum Gasteiger partial charge on any atom is 0.129 e. The second-order valence-corrected chi connectivity index (χ2v) is 4.58. The average molecular weight is 283 g/mol. The molecule has 2 aromatic rings. The van der Waals surface area contributed by atoms with Crippen LogP contribution in [0.1, 0.15) is 23.7 Å². The van der Waals surface area contributed by atoms with Crippen LogP contribution in [0.25, 0.3) is 5.57 Å². The number of hydrogen-bond donors (Lipinski definition) is 2. The number of nitrogens with two attached hydrogens (primary N) is 1. The van der Waals surface area contributed by atoms with Crippen LogP contribution in [0.3, 0.4) is 0 Å². The van der Waals surface area contributed by atoms with Gasteiger partial charge in [0.05, 0.1) is 11.3 Å². The van der Waals surface area contributed by atoms with E-state index in [0.29, 0.717) is 11.4 Å². The van der Waals surface area contributed by atoms with Gasteiger partial charge in [-0.05, 0) is 43.2 Å². The average Bonchev–Trinajstić information content (AvgIpc) is 2.48. The number of aliphatic imine (C=N–C) groups is 1. The van der Waals surface area contributed by atoms with Crippen LogP contribution in [0, 0.1) is 6.92 Å². The zero-order valence-corrected chi connectivity index (χ0v) is 12.7. The smallest absolute Gasteiger partial charge is 0.129 e. The predicted molar refractivity (Wildman–Crippen MR) is 88.4 cm³/mol. The van der Waals surface area contributed by atoms with E-state index in [1.807, 2.05) is 26.0 Å². The summed E-state index contributed by atoms with van der Waals surface area (Å²) >= 11 is 0. The van der Waals surface area contributed by atoms with Crippen molar-refractivity contribution in [1.82, 2.24) is 4.98 Å². The van der Waals surface area contributed by atoms with Gasteiger partial charge in [-0.1, -0.05) is 24.8 Å². The van der Waals surface area contributed by atoms with E-state index in [-0.39, 0.29) is 5.75 Å². The molecule has 4 heteroatoms. The Labute approximate surface area is 125 Å². The molecule has 1 heterocycles. The number of aromatic hydroxyl groups is 1. The number of phenols is 1. The topological polar surface area (TPSA) is 71.5 Å². The molecule has 0 saturated heterocycles. The largest absolute Gasteiger partial charge is 0.507 e. The zero-order chi connectivity index (χ0) is 15.8. The minimum Gasteiger partial charge on any atom is -0.507 e. The standard InChI is InChI=1S/C9H11N.C8H10N2O/c1-7(2)9-8(3)5-4-6-10-9;1-10-8(9)6-4-2-3-5-7(6)11/h4-6H,1H2,2-3H3;2-5,11H,1H3,(H2,9,10). The van der Waals surface area contributed by atoms with Crippen LogP contribution in [-0.4, -0.2) is 23.0 Å². The van der Waals surface area contributed by atoms with Gasteiger partial charge >= 0.3 is 0 Å². The Balaban J connectivity index is 0.000000211. The van der Waals surface area contributed by atoms with E-state index in [9.17, 15) is 5.11 Å². The number of allylic oxidation sites excluding steroid dienone is 1. The summed E-state index contributed by atoms with van der Waals surface area (Å²) < 4.78 is 0. The number of amidine groups is 1. The normalized spacial score (nSPS) is 10.5. The molecule has 0 bridgehead atoms. The molecule has 2 rings (SSSR count). The molecule has 0 aliphatic carbocycles. The molecule has 110 valence electrons. The molecule has 0 unspecified atom stereocenters. The van der Waals surface area contributed by atoms with E-state index in [0.717, 1.165) is 11.3 Å². The van der Waals surface area contributed by atoms with Crippen LogP contribution in [0.5, 0.6) is 5.75 Å². The van der Waals surface area contributed by atoms with Crippen LogP contribution in [0.15, 0.2) is 54.2 Å². The highest BCUT2D eigenvalue weighted by molar-refractivity contribution is 5.99. The second-order valence-electron chi connectivity index (χ2n) is 4.58. The van der Waals surface area contributed by atoms with Crippen molar-refractivity contribution in [3.8, 4) is 5.75 Å². The Hall–Kier alpha value is -2.62. The first kappa shape index (κ1) is 16.4. The van der Waals surface area contributed by atoms with Gasteiger partial charge in [0.1, 0.15) is 11.6 Å². The maximum atomic E-state index is 9.25. The molecule has 1 aromatic heterocycles. The monoisotopic (exact) mass is 283 g/mol. The third kappa shape index (κ3) is 4.76.